The summed E-state index contributed by atoms with van der Waals surface area (Å²) in [5, 5.41) is 0. The molecule has 1 saturated carbocycles. The Kier molecular flexibility index (Phi) is 14.3. The lowest BCUT2D eigenvalue weighted by Gasteiger charge is -2.21. The molecule has 1 fully saturated rings. The summed E-state index contributed by atoms with van der Waals surface area (Å²) in [7, 11) is 0. The number of hydrogen-bond donors (Lipinski definition) is 0. The monoisotopic (exact) mass is 436 g/mol. The molecule has 1 aliphatic carbocycles. The summed E-state index contributed by atoms with van der Waals surface area (Å²) in [6, 6.07) is 0. The minimum Gasteiger partial charge on any atom is -0.103 e. The van der Waals surface area contributed by atoms with Gasteiger partial charge in [0.25, 0.3) is 0 Å². The molecule has 1 aliphatic rings. The minimum absolute atomic E-state index is 0.508. The van der Waals surface area contributed by atoms with E-state index >= 15 is 0 Å². The molecule has 0 heterocycles. The fraction of sp³-hybridized carbons (Fsp3) is 0.625. The highest BCUT2D eigenvalue weighted by atomic mass is 14.5. The zero-order valence-corrected chi connectivity index (χ0v) is 22.1. The number of allylic oxidation sites excluding steroid dienone is 10. The van der Waals surface area contributed by atoms with Crippen LogP contribution in [-0.2, 0) is 0 Å². The lowest BCUT2D eigenvalue weighted by Crippen LogP contribution is -2.09. The topological polar surface area (TPSA) is 0 Å². The molecule has 0 heteroatoms. The van der Waals surface area contributed by atoms with Crippen LogP contribution in [-0.4, -0.2) is 0 Å². The Labute approximate surface area is 201 Å². The van der Waals surface area contributed by atoms with E-state index in [2.05, 4.69) is 103 Å². The molecule has 6 unspecified atom stereocenters. The molecule has 0 aromatic rings. The predicted molar refractivity (Wildman–Crippen MR) is 147 cm³/mol. The zero-order valence-electron chi connectivity index (χ0n) is 22.1. The van der Waals surface area contributed by atoms with E-state index in [1.165, 1.54) is 31.3 Å². The van der Waals surface area contributed by atoms with Crippen molar-refractivity contribution in [2.45, 2.75) is 86.5 Å². The third-order valence-corrected chi connectivity index (χ3v) is 7.35. The van der Waals surface area contributed by atoms with Crippen LogP contribution in [0, 0.1) is 41.4 Å². The van der Waals surface area contributed by atoms with Gasteiger partial charge in [0.05, 0.1) is 0 Å². The van der Waals surface area contributed by atoms with Crippen molar-refractivity contribution in [3.8, 4) is 0 Å². The first-order valence-electron chi connectivity index (χ1n) is 13.3. The molecule has 0 bridgehead atoms. The molecule has 0 nitrogen and oxygen atoms in total. The molecule has 0 spiro atoms. The Hall–Kier alpha value is -1.56. The highest BCUT2D eigenvalue weighted by molar-refractivity contribution is 5.14. The second-order valence-electron chi connectivity index (χ2n) is 10.5. The summed E-state index contributed by atoms with van der Waals surface area (Å²) < 4.78 is 0. The van der Waals surface area contributed by atoms with Crippen molar-refractivity contribution in [2.24, 2.45) is 41.4 Å². The average Bonchev–Trinajstić information content (AvgIpc) is 3.45. The van der Waals surface area contributed by atoms with Gasteiger partial charge in [-0.3, -0.25) is 0 Å². The van der Waals surface area contributed by atoms with Crippen LogP contribution in [0.2, 0.25) is 0 Å². The number of hydrogen-bond acceptors (Lipinski definition) is 0. The lowest BCUT2D eigenvalue weighted by atomic mass is 9.84. The van der Waals surface area contributed by atoms with Gasteiger partial charge in [-0.2, -0.15) is 0 Å². The van der Waals surface area contributed by atoms with Gasteiger partial charge in [0.15, 0.2) is 0 Å². The van der Waals surface area contributed by atoms with E-state index in [4.69, 9.17) is 0 Å². The molecule has 0 aromatic heterocycles. The second kappa shape index (κ2) is 16.1. The molecule has 0 N–H and O–H groups in total. The quantitative estimate of drug-likeness (QED) is 0.157. The smallest absolute Gasteiger partial charge is 0.0134 e. The highest BCUT2D eigenvalue weighted by Gasteiger charge is 2.46. The van der Waals surface area contributed by atoms with Crippen molar-refractivity contribution in [2.75, 3.05) is 0 Å². The minimum atomic E-state index is 0.508. The Morgan fingerprint density at radius 2 is 1.66 bits per heavy atom. The van der Waals surface area contributed by atoms with Crippen LogP contribution in [0.15, 0.2) is 73.4 Å². The average molecular weight is 437 g/mol. The highest BCUT2D eigenvalue weighted by Crippen LogP contribution is 2.53. The Bertz CT molecular complexity index is 641. The molecule has 0 radical (unpaired) electrons. The standard InChI is InChI=1S/C32H52/c1-9-12-19-29(17-10-2)28(8)27(7)18-15-13-14-16-20-30-31(23-21-25(4)5)32(30)24-22-26(6)11-3/h9-10,12-16,21,23,25-27,29-32H,2,8,11,17-20,22,24H2,1,3-7H3. The van der Waals surface area contributed by atoms with Gasteiger partial charge in [-0.05, 0) is 80.5 Å². The van der Waals surface area contributed by atoms with Crippen molar-refractivity contribution in [3.63, 3.8) is 0 Å². The van der Waals surface area contributed by atoms with Gasteiger partial charge in [-0.15, -0.1) is 6.58 Å². The maximum absolute atomic E-state index is 4.42. The molecular weight excluding hydrogens is 384 g/mol. The van der Waals surface area contributed by atoms with Crippen molar-refractivity contribution in [3.05, 3.63) is 73.4 Å². The van der Waals surface area contributed by atoms with Crippen molar-refractivity contribution < 1.29 is 0 Å². The van der Waals surface area contributed by atoms with E-state index in [-0.39, 0.29) is 0 Å². The Morgan fingerprint density at radius 3 is 2.28 bits per heavy atom. The maximum atomic E-state index is 4.42. The van der Waals surface area contributed by atoms with Crippen molar-refractivity contribution in [1.29, 1.82) is 0 Å². The van der Waals surface area contributed by atoms with E-state index in [0.717, 1.165) is 42.9 Å². The molecule has 0 saturated heterocycles. The van der Waals surface area contributed by atoms with Gasteiger partial charge in [0, 0.05) is 0 Å². The van der Waals surface area contributed by atoms with Crippen LogP contribution in [0.4, 0.5) is 0 Å². The predicted octanol–water partition coefficient (Wildman–Crippen LogP) is 10.1. The molecule has 32 heavy (non-hydrogen) atoms. The summed E-state index contributed by atoms with van der Waals surface area (Å²) in [6.07, 6.45) is 29.0. The molecule has 0 aromatic carbocycles. The van der Waals surface area contributed by atoms with E-state index in [1.54, 1.807) is 0 Å². The van der Waals surface area contributed by atoms with Gasteiger partial charge in [-0.25, -0.2) is 0 Å². The van der Waals surface area contributed by atoms with Crippen molar-refractivity contribution in [1.82, 2.24) is 0 Å². The van der Waals surface area contributed by atoms with Crippen LogP contribution in [0.1, 0.15) is 86.5 Å². The van der Waals surface area contributed by atoms with E-state index in [9.17, 15) is 0 Å². The fourth-order valence-electron chi connectivity index (χ4n) is 4.66. The fourth-order valence-corrected chi connectivity index (χ4v) is 4.66. The van der Waals surface area contributed by atoms with E-state index in [0.29, 0.717) is 17.8 Å². The third kappa shape index (κ3) is 10.8. The van der Waals surface area contributed by atoms with Crippen LogP contribution >= 0.6 is 0 Å². The summed E-state index contributed by atoms with van der Waals surface area (Å²) in [5.41, 5.74) is 1.36. The van der Waals surface area contributed by atoms with E-state index in [1.807, 2.05) is 6.08 Å². The van der Waals surface area contributed by atoms with Gasteiger partial charge < -0.3 is 0 Å². The summed E-state index contributed by atoms with van der Waals surface area (Å²) in [4.78, 5) is 0. The summed E-state index contributed by atoms with van der Waals surface area (Å²) >= 11 is 0. The van der Waals surface area contributed by atoms with Crippen LogP contribution in [0.5, 0.6) is 0 Å². The first-order valence-corrected chi connectivity index (χ1v) is 13.3. The van der Waals surface area contributed by atoms with Crippen LogP contribution < -0.4 is 0 Å². The molecule has 6 atom stereocenters. The van der Waals surface area contributed by atoms with Crippen molar-refractivity contribution >= 4 is 0 Å². The Morgan fingerprint density at radius 1 is 0.938 bits per heavy atom. The Balaban J connectivity index is 2.49. The lowest BCUT2D eigenvalue weighted by molar-refractivity contribution is 0.463. The molecular formula is C32H52. The first-order chi connectivity index (χ1) is 15.3. The SMILES string of the molecule is C=CCC(CC=CC)C(=C)C(C)CC=CC=CCC1C(C=CC(C)C)C1CCC(C)CC. The molecule has 1 rings (SSSR count). The first kappa shape index (κ1) is 28.5. The second-order valence-corrected chi connectivity index (χ2v) is 10.5. The van der Waals surface area contributed by atoms with Gasteiger partial charge >= 0.3 is 0 Å². The van der Waals surface area contributed by atoms with Gasteiger partial charge in [0.2, 0.25) is 0 Å². The molecule has 0 aliphatic heterocycles. The zero-order chi connectivity index (χ0) is 23.9. The van der Waals surface area contributed by atoms with Gasteiger partial charge in [-0.1, -0.05) is 114 Å². The van der Waals surface area contributed by atoms with Crippen LogP contribution in [0.3, 0.4) is 0 Å². The largest absolute Gasteiger partial charge is 0.103 e. The van der Waals surface area contributed by atoms with Gasteiger partial charge in [0.1, 0.15) is 0 Å². The van der Waals surface area contributed by atoms with Crippen LogP contribution in [0.25, 0.3) is 0 Å². The third-order valence-electron chi connectivity index (χ3n) is 7.35. The normalized spacial score (nSPS) is 24.2. The summed E-state index contributed by atoms with van der Waals surface area (Å²) in [6.45, 7) is 22.0. The molecule has 180 valence electrons. The summed E-state index contributed by atoms with van der Waals surface area (Å²) in [5.74, 6) is 5.10. The number of rotatable bonds is 17. The molecule has 0 amide bonds. The van der Waals surface area contributed by atoms with E-state index < -0.39 is 0 Å². The maximum Gasteiger partial charge on any atom is -0.0134 e.